The fourth-order valence-corrected chi connectivity index (χ4v) is 7.86. The number of esters is 1. The SMILES string of the molecule is COC(=O)C1(Nc2cccc(Cl)c2)CCC2(CC1)C(C[C@@H](C)COc1ccnc3c1[C@H](C)CC[C@H]3O)=Cc1cc(F)ccc12. The fraction of sp³-hybridized carbons (Fsp3) is 0.444. The van der Waals surface area contributed by atoms with Crippen LogP contribution in [0.1, 0.15) is 93.2 Å². The Labute approximate surface area is 263 Å². The molecule has 232 valence electrons. The summed E-state index contributed by atoms with van der Waals surface area (Å²) in [5.74, 6) is 0.685. The zero-order valence-electron chi connectivity index (χ0n) is 25.5. The Morgan fingerprint density at radius 1 is 1.16 bits per heavy atom. The number of carbonyl (C=O) groups is 1. The number of aromatic nitrogens is 1. The van der Waals surface area contributed by atoms with Gasteiger partial charge in [-0.2, -0.15) is 0 Å². The molecule has 1 spiro atoms. The number of anilines is 1. The molecule has 6 nitrogen and oxygen atoms in total. The van der Waals surface area contributed by atoms with E-state index in [1.165, 1.54) is 12.7 Å². The number of carbonyl (C=O) groups excluding carboxylic acids is 1. The van der Waals surface area contributed by atoms with Crippen molar-refractivity contribution in [2.24, 2.45) is 5.92 Å². The van der Waals surface area contributed by atoms with Gasteiger partial charge in [0.15, 0.2) is 0 Å². The maximum atomic E-state index is 14.4. The molecule has 3 aliphatic carbocycles. The second-order valence-electron chi connectivity index (χ2n) is 12.9. The molecule has 44 heavy (non-hydrogen) atoms. The summed E-state index contributed by atoms with van der Waals surface area (Å²) in [4.78, 5) is 17.7. The molecule has 0 aliphatic heterocycles. The molecule has 1 fully saturated rings. The fourth-order valence-electron chi connectivity index (χ4n) is 7.67. The third-order valence-electron chi connectivity index (χ3n) is 9.97. The summed E-state index contributed by atoms with van der Waals surface area (Å²) >= 11 is 6.25. The van der Waals surface area contributed by atoms with Crippen LogP contribution >= 0.6 is 11.6 Å². The highest BCUT2D eigenvalue weighted by Gasteiger charge is 2.52. The van der Waals surface area contributed by atoms with Gasteiger partial charge in [-0.1, -0.05) is 49.2 Å². The highest BCUT2D eigenvalue weighted by Crippen LogP contribution is 2.55. The van der Waals surface area contributed by atoms with Crippen LogP contribution in [0.5, 0.6) is 5.75 Å². The molecule has 2 N–H and O–H groups in total. The molecule has 1 aromatic heterocycles. The van der Waals surface area contributed by atoms with Crippen LogP contribution in [0.3, 0.4) is 0 Å². The topological polar surface area (TPSA) is 80.7 Å². The number of halogens is 2. The van der Waals surface area contributed by atoms with E-state index in [2.05, 4.69) is 30.2 Å². The minimum atomic E-state index is -0.894. The van der Waals surface area contributed by atoms with Crippen molar-refractivity contribution in [2.45, 2.75) is 81.8 Å². The van der Waals surface area contributed by atoms with Gasteiger partial charge in [0.05, 0.1) is 25.5 Å². The van der Waals surface area contributed by atoms with E-state index < -0.39 is 11.6 Å². The number of fused-ring (bicyclic) bond motifs is 3. The number of allylic oxidation sites excluding steroid dienone is 1. The van der Waals surface area contributed by atoms with Gasteiger partial charge >= 0.3 is 5.97 Å². The maximum Gasteiger partial charge on any atom is 0.331 e. The van der Waals surface area contributed by atoms with Gasteiger partial charge in [0.1, 0.15) is 17.1 Å². The van der Waals surface area contributed by atoms with E-state index in [0.29, 0.717) is 43.7 Å². The van der Waals surface area contributed by atoms with Crippen molar-refractivity contribution < 1.29 is 23.8 Å². The Hall–Kier alpha value is -3.42. The van der Waals surface area contributed by atoms with Gasteiger partial charge in [0.2, 0.25) is 0 Å². The van der Waals surface area contributed by atoms with Crippen LogP contribution in [0, 0.1) is 11.7 Å². The number of methoxy groups -OCH3 is 1. The van der Waals surface area contributed by atoms with Crippen LogP contribution in [0.4, 0.5) is 10.1 Å². The lowest BCUT2D eigenvalue weighted by Gasteiger charge is -2.46. The summed E-state index contributed by atoms with van der Waals surface area (Å²) in [7, 11) is 1.43. The van der Waals surface area contributed by atoms with Crippen molar-refractivity contribution in [3.8, 4) is 5.75 Å². The number of hydrogen-bond donors (Lipinski definition) is 2. The van der Waals surface area contributed by atoms with E-state index in [-0.39, 0.29) is 29.0 Å². The zero-order chi connectivity index (χ0) is 31.1. The third kappa shape index (κ3) is 5.61. The van der Waals surface area contributed by atoms with Gasteiger partial charge in [-0.15, -0.1) is 0 Å². The normalized spacial score (nSPS) is 26.4. The first-order valence-corrected chi connectivity index (χ1v) is 15.9. The molecule has 0 saturated heterocycles. The van der Waals surface area contributed by atoms with Gasteiger partial charge < -0.3 is 19.9 Å². The molecule has 3 atom stereocenters. The van der Waals surface area contributed by atoms with E-state index in [0.717, 1.165) is 46.7 Å². The quantitative estimate of drug-likeness (QED) is 0.248. The first-order valence-electron chi connectivity index (χ1n) is 15.6. The number of ether oxygens (including phenoxy) is 2. The number of hydrogen-bond acceptors (Lipinski definition) is 6. The number of nitrogens with zero attached hydrogens (tertiary/aromatic N) is 1. The van der Waals surface area contributed by atoms with Crippen LogP contribution in [0.2, 0.25) is 5.02 Å². The standard InChI is InChI=1S/C36H40ClFN2O4/c1-22(21-44-31-11-16-39-33-30(41)10-7-23(2)32(31)33)17-25-18-24-19-27(38)8-9-29(24)35(25)12-14-36(15-13-35,34(42)43-3)40-28-6-4-5-26(37)20-28/h4-6,8-9,11,16,18-20,22-23,30,40-41H,7,10,12-15,17,21H2,1-3H3/t22-,23-,30-,35?,36?/m1/s1. The minimum absolute atomic E-state index is 0.168. The van der Waals surface area contributed by atoms with Gasteiger partial charge in [-0.3, -0.25) is 4.98 Å². The Morgan fingerprint density at radius 2 is 1.95 bits per heavy atom. The molecule has 0 amide bonds. The van der Waals surface area contributed by atoms with Crippen LogP contribution in [-0.4, -0.2) is 35.3 Å². The van der Waals surface area contributed by atoms with E-state index in [4.69, 9.17) is 21.1 Å². The largest absolute Gasteiger partial charge is 0.493 e. The molecule has 2 aromatic carbocycles. The first-order chi connectivity index (χ1) is 21.1. The third-order valence-corrected chi connectivity index (χ3v) is 10.2. The summed E-state index contributed by atoms with van der Waals surface area (Å²) in [6, 6.07) is 14.4. The van der Waals surface area contributed by atoms with E-state index in [1.54, 1.807) is 24.4 Å². The Kier molecular flexibility index (Phi) is 8.46. The van der Waals surface area contributed by atoms with Gasteiger partial charge in [-0.05, 0) is 104 Å². The average molecular weight is 619 g/mol. The summed E-state index contributed by atoms with van der Waals surface area (Å²) in [5, 5.41) is 14.6. The second-order valence-corrected chi connectivity index (χ2v) is 13.4. The van der Waals surface area contributed by atoms with E-state index >= 15 is 0 Å². The number of benzene rings is 2. The number of rotatable bonds is 8. The lowest BCUT2D eigenvalue weighted by atomic mass is 9.61. The number of aliphatic hydroxyl groups excluding tert-OH is 1. The van der Waals surface area contributed by atoms with Gasteiger partial charge in [0, 0.05) is 27.9 Å². The number of aliphatic hydroxyl groups is 1. The molecule has 1 heterocycles. The monoisotopic (exact) mass is 618 g/mol. The van der Waals surface area contributed by atoms with Crippen molar-refractivity contribution >= 4 is 29.3 Å². The summed E-state index contributed by atoms with van der Waals surface area (Å²) in [6.45, 7) is 4.83. The Morgan fingerprint density at radius 3 is 2.70 bits per heavy atom. The van der Waals surface area contributed by atoms with Crippen molar-refractivity contribution in [3.63, 3.8) is 0 Å². The predicted octanol–water partition coefficient (Wildman–Crippen LogP) is 8.14. The molecular weight excluding hydrogens is 579 g/mol. The van der Waals surface area contributed by atoms with E-state index in [1.807, 2.05) is 30.3 Å². The van der Waals surface area contributed by atoms with Crippen molar-refractivity contribution in [2.75, 3.05) is 19.0 Å². The Bertz CT molecular complexity index is 1580. The summed E-state index contributed by atoms with van der Waals surface area (Å²) < 4.78 is 26.1. The van der Waals surface area contributed by atoms with Crippen LogP contribution < -0.4 is 10.1 Å². The molecule has 6 rings (SSSR count). The second kappa shape index (κ2) is 12.2. The molecule has 0 radical (unpaired) electrons. The van der Waals surface area contributed by atoms with Gasteiger partial charge in [0.25, 0.3) is 0 Å². The molecule has 3 aromatic rings. The van der Waals surface area contributed by atoms with Crippen LogP contribution in [0.25, 0.3) is 6.08 Å². The first kappa shape index (κ1) is 30.6. The van der Waals surface area contributed by atoms with Crippen LogP contribution in [0.15, 0.2) is 60.3 Å². The Balaban J connectivity index is 1.23. The molecule has 0 bridgehead atoms. The predicted molar refractivity (Wildman–Crippen MR) is 170 cm³/mol. The van der Waals surface area contributed by atoms with Gasteiger partial charge in [-0.25, -0.2) is 9.18 Å². The molecule has 0 unspecified atom stereocenters. The number of pyridine rings is 1. The molecule has 8 heteroatoms. The minimum Gasteiger partial charge on any atom is -0.493 e. The highest BCUT2D eigenvalue weighted by atomic mass is 35.5. The lowest BCUT2D eigenvalue weighted by molar-refractivity contribution is -0.147. The molecule has 1 saturated carbocycles. The summed E-state index contributed by atoms with van der Waals surface area (Å²) in [6.07, 6.45) is 8.21. The summed E-state index contributed by atoms with van der Waals surface area (Å²) in [5.41, 5.74) is 4.59. The maximum absolute atomic E-state index is 14.4. The van der Waals surface area contributed by atoms with Crippen molar-refractivity contribution in [3.05, 3.63) is 93.5 Å². The van der Waals surface area contributed by atoms with Crippen molar-refractivity contribution in [1.29, 1.82) is 0 Å². The van der Waals surface area contributed by atoms with E-state index in [9.17, 15) is 14.3 Å². The van der Waals surface area contributed by atoms with Crippen molar-refractivity contribution in [1.82, 2.24) is 4.98 Å². The number of nitrogens with one attached hydrogen (secondary N) is 1. The zero-order valence-corrected chi connectivity index (χ0v) is 26.3. The molecule has 3 aliphatic rings. The smallest absolute Gasteiger partial charge is 0.331 e. The highest BCUT2D eigenvalue weighted by molar-refractivity contribution is 6.30. The molecular formula is C36H40ClFN2O4. The van der Waals surface area contributed by atoms with Crippen LogP contribution in [-0.2, 0) is 14.9 Å². The average Bonchev–Trinajstić information content (AvgIpc) is 3.29. The lowest BCUT2D eigenvalue weighted by Crippen LogP contribution is -2.52.